The maximum absolute atomic E-state index is 12.8. The smallest absolute Gasteiger partial charge is 0.463 e. The maximum Gasteiger partial charge on any atom is 0.472 e. The predicted octanol–water partition coefficient (Wildman–Crippen LogP) is 16.4. The van der Waals surface area contributed by atoms with Crippen LogP contribution in [0, 0.1) is 0 Å². The van der Waals surface area contributed by atoms with Gasteiger partial charge in [0, 0.05) is 19.3 Å². The van der Waals surface area contributed by atoms with Gasteiger partial charge in [-0.15, -0.1) is 0 Å². The van der Waals surface area contributed by atoms with Crippen molar-refractivity contribution in [3.8, 4) is 0 Å². The molecule has 0 aromatic heterocycles. The van der Waals surface area contributed by atoms with Gasteiger partial charge in [-0.2, -0.15) is 0 Å². The van der Waals surface area contributed by atoms with E-state index in [9.17, 15) is 43.5 Å². The van der Waals surface area contributed by atoms with E-state index in [4.69, 9.17) is 32.3 Å². The highest BCUT2D eigenvalue weighted by Crippen LogP contribution is 2.45. The van der Waals surface area contributed by atoms with Crippen molar-refractivity contribution < 1.29 is 75.8 Å². The Morgan fingerprint density at radius 3 is 1.02 bits per heavy atom. The molecule has 0 aliphatic heterocycles. The van der Waals surface area contributed by atoms with Crippen LogP contribution < -0.4 is 0 Å². The van der Waals surface area contributed by atoms with Gasteiger partial charge in [-0.05, 0) is 109 Å². The monoisotopic (exact) mass is 1190 g/mol. The Labute approximate surface area is 490 Å². The maximum atomic E-state index is 12.8. The molecule has 4 N–H and O–H groups in total. The van der Waals surface area contributed by atoms with E-state index in [0.717, 1.165) is 135 Å². The highest BCUT2D eigenvalue weighted by Gasteiger charge is 2.29. The molecule has 0 aliphatic rings. The molecule has 18 heteroatoms. The van der Waals surface area contributed by atoms with Gasteiger partial charge in [-0.25, -0.2) is 9.13 Å². The first-order valence-electron chi connectivity index (χ1n) is 31.2. The summed E-state index contributed by atoms with van der Waals surface area (Å²) in [6.07, 6.45) is 56.8. The molecule has 0 fully saturated rings. The van der Waals surface area contributed by atoms with Crippen LogP contribution in [-0.2, 0) is 55.8 Å². The molecule has 5 atom stereocenters. The second-order valence-corrected chi connectivity index (χ2v) is 23.8. The molecule has 0 bridgehead atoms. The normalized spacial score (nSPS) is 14.9. The van der Waals surface area contributed by atoms with Gasteiger partial charge in [0.15, 0.2) is 6.10 Å². The Balaban J connectivity index is 4.62. The molecule has 470 valence electrons. The van der Waals surface area contributed by atoms with Gasteiger partial charge in [0.05, 0.1) is 26.4 Å². The zero-order valence-corrected chi connectivity index (χ0v) is 52.2. The first-order chi connectivity index (χ1) is 39.2. The van der Waals surface area contributed by atoms with Crippen LogP contribution in [0.1, 0.15) is 252 Å². The van der Waals surface area contributed by atoms with Crippen molar-refractivity contribution in [2.45, 2.75) is 270 Å². The topological polar surface area (TPSA) is 231 Å². The summed E-state index contributed by atoms with van der Waals surface area (Å²) in [5.74, 6) is -1.61. The van der Waals surface area contributed by atoms with Crippen molar-refractivity contribution in [1.82, 2.24) is 0 Å². The van der Waals surface area contributed by atoms with Gasteiger partial charge in [0.2, 0.25) is 0 Å². The molecule has 0 spiro atoms. The molecule has 16 nitrogen and oxygen atoms in total. The summed E-state index contributed by atoms with van der Waals surface area (Å²) >= 11 is 0. The minimum Gasteiger partial charge on any atom is -0.463 e. The molecule has 0 rings (SSSR count). The van der Waals surface area contributed by atoms with Crippen LogP contribution in [0.3, 0.4) is 0 Å². The second-order valence-electron chi connectivity index (χ2n) is 20.8. The van der Waals surface area contributed by atoms with Crippen molar-refractivity contribution in [2.24, 2.45) is 0 Å². The molecule has 0 aromatic carbocycles. The Hall–Kier alpha value is -3.01. The number of esters is 3. The number of carbonyl (C=O) groups excluding carboxylic acids is 3. The lowest BCUT2D eigenvalue weighted by Crippen LogP contribution is -2.30. The number of phosphoric ester groups is 2. The van der Waals surface area contributed by atoms with Crippen molar-refractivity contribution >= 4 is 33.6 Å². The highest BCUT2D eigenvalue weighted by molar-refractivity contribution is 7.47. The quantitative estimate of drug-likeness (QED) is 0.0146. The summed E-state index contributed by atoms with van der Waals surface area (Å²) in [5.41, 5.74) is 0. The molecular formula is C63H112O16P2. The number of phosphoric acid groups is 2. The lowest BCUT2D eigenvalue weighted by atomic mass is 10.1. The summed E-state index contributed by atoms with van der Waals surface area (Å²) in [4.78, 5) is 58.1. The first-order valence-corrected chi connectivity index (χ1v) is 34.2. The van der Waals surface area contributed by atoms with Gasteiger partial charge in [0.25, 0.3) is 0 Å². The zero-order chi connectivity index (χ0) is 59.6. The first kappa shape index (κ1) is 78.0. The van der Waals surface area contributed by atoms with Gasteiger partial charge in [0.1, 0.15) is 25.4 Å². The molecule has 0 heterocycles. The third-order valence-corrected chi connectivity index (χ3v) is 14.8. The van der Waals surface area contributed by atoms with Crippen LogP contribution in [0.2, 0.25) is 0 Å². The number of rotatable bonds is 59. The van der Waals surface area contributed by atoms with E-state index in [1.165, 1.54) is 57.8 Å². The van der Waals surface area contributed by atoms with Crippen LogP contribution >= 0.6 is 15.6 Å². The zero-order valence-electron chi connectivity index (χ0n) is 50.4. The average Bonchev–Trinajstić information content (AvgIpc) is 3.45. The summed E-state index contributed by atoms with van der Waals surface area (Å²) in [7, 11) is -9.76. The minimum atomic E-state index is -4.92. The standard InChI is InChI=1S/C63H112O16P2/c1-4-7-10-13-16-19-22-24-26-27-28-29-31-33-35-37-40-43-46-49-61(66)73-52-58(64)53-75-80(69,70)76-54-59(65)55-77-81(71,72)78-57-60(79-63(68)51-48-45-42-39-34-21-18-15-12-9-6-3)56-74-62(67)50-47-44-41-38-36-32-30-25-23-20-17-14-11-8-5-2/h15-20,24-26,28-30,58-60,64-65H,4-14,21-23,27,31-57H2,1-3H3,(H,69,70)(H,71,72)/b18-15-,19-16-,20-17-,26-24-,29-28-,30-25-. The van der Waals surface area contributed by atoms with Gasteiger partial charge in [-0.1, -0.05) is 196 Å². The number of unbranched alkanes of at least 4 members (excludes halogenated alkanes) is 24. The molecule has 0 radical (unpaired) electrons. The van der Waals surface area contributed by atoms with Crippen molar-refractivity contribution in [3.63, 3.8) is 0 Å². The number of hydrogen-bond donors (Lipinski definition) is 4. The van der Waals surface area contributed by atoms with Gasteiger partial charge >= 0.3 is 33.6 Å². The molecule has 0 amide bonds. The molecule has 0 saturated carbocycles. The largest absolute Gasteiger partial charge is 0.472 e. The SMILES string of the molecule is CCCC/C=C\CCCCCCCC(=O)OC(COC(=O)CCCCCCC/C=C\C/C=C\CCCCC)COP(=O)(O)OCC(O)COP(=O)(O)OCC(O)COC(=O)CCCCCCCC/C=C\C/C=C\C/C=C\CCCCC. The van der Waals surface area contributed by atoms with E-state index < -0.39 is 91.5 Å². The van der Waals surface area contributed by atoms with Gasteiger partial charge in [-0.3, -0.25) is 32.5 Å². The number of hydrogen-bond acceptors (Lipinski definition) is 14. The minimum absolute atomic E-state index is 0.0915. The molecule has 0 saturated heterocycles. The lowest BCUT2D eigenvalue weighted by Gasteiger charge is -2.21. The molecule has 81 heavy (non-hydrogen) atoms. The Bertz CT molecular complexity index is 1780. The lowest BCUT2D eigenvalue weighted by molar-refractivity contribution is -0.161. The fraction of sp³-hybridized carbons (Fsp3) is 0.762. The van der Waals surface area contributed by atoms with Crippen LogP contribution in [-0.4, -0.2) is 95.9 Å². The van der Waals surface area contributed by atoms with Crippen LogP contribution in [0.25, 0.3) is 0 Å². The van der Waals surface area contributed by atoms with E-state index in [1.54, 1.807) is 0 Å². The average molecular weight is 1190 g/mol. The van der Waals surface area contributed by atoms with E-state index in [0.29, 0.717) is 19.3 Å². The number of ether oxygens (including phenoxy) is 3. The molecule has 0 aromatic rings. The third kappa shape index (κ3) is 58.6. The number of aliphatic hydroxyl groups is 2. The summed E-state index contributed by atoms with van der Waals surface area (Å²) in [6.45, 7) is 2.52. The van der Waals surface area contributed by atoms with Crippen LogP contribution in [0.4, 0.5) is 0 Å². The van der Waals surface area contributed by atoms with Crippen molar-refractivity contribution in [3.05, 3.63) is 72.9 Å². The Morgan fingerprint density at radius 2 is 0.630 bits per heavy atom. The van der Waals surface area contributed by atoms with Crippen LogP contribution in [0.5, 0.6) is 0 Å². The highest BCUT2D eigenvalue weighted by atomic mass is 31.2. The molecule has 0 aliphatic carbocycles. The third-order valence-electron chi connectivity index (χ3n) is 12.9. The summed E-state index contributed by atoms with van der Waals surface area (Å²) in [6, 6.07) is 0. The van der Waals surface area contributed by atoms with E-state index in [-0.39, 0.29) is 19.3 Å². The molecule has 5 unspecified atom stereocenters. The van der Waals surface area contributed by atoms with Crippen molar-refractivity contribution in [1.29, 1.82) is 0 Å². The van der Waals surface area contributed by atoms with E-state index in [1.807, 2.05) is 0 Å². The second kappa shape index (κ2) is 57.4. The van der Waals surface area contributed by atoms with E-state index >= 15 is 0 Å². The fourth-order valence-corrected chi connectivity index (χ4v) is 9.58. The fourth-order valence-electron chi connectivity index (χ4n) is 8.00. The summed E-state index contributed by atoms with van der Waals surface area (Å²) in [5, 5.41) is 20.5. The Morgan fingerprint density at radius 1 is 0.346 bits per heavy atom. The number of aliphatic hydroxyl groups excluding tert-OH is 2. The van der Waals surface area contributed by atoms with Gasteiger partial charge < -0.3 is 34.2 Å². The summed E-state index contributed by atoms with van der Waals surface area (Å²) < 4.78 is 60.6. The van der Waals surface area contributed by atoms with Crippen LogP contribution in [0.15, 0.2) is 72.9 Å². The van der Waals surface area contributed by atoms with Crippen molar-refractivity contribution in [2.75, 3.05) is 39.6 Å². The number of carbonyl (C=O) groups is 3. The predicted molar refractivity (Wildman–Crippen MR) is 325 cm³/mol. The molecular weight excluding hydrogens is 1070 g/mol. The number of allylic oxidation sites excluding steroid dienone is 12. The Kier molecular flexibility index (Phi) is 55.3. The van der Waals surface area contributed by atoms with E-state index in [2.05, 4.69) is 93.7 Å².